The Morgan fingerprint density at radius 2 is 2.00 bits per heavy atom. The van der Waals surface area contributed by atoms with Crippen LogP contribution in [-0.4, -0.2) is 5.11 Å². The number of rotatable bonds is 2. The minimum atomic E-state index is -0.319. The lowest BCUT2D eigenvalue weighted by molar-refractivity contribution is 0.131. The van der Waals surface area contributed by atoms with Gasteiger partial charge in [0.1, 0.15) is 0 Å². The quantitative estimate of drug-likeness (QED) is 0.683. The monoisotopic (exact) mass is 174 g/mol. The van der Waals surface area contributed by atoms with Crippen LogP contribution in [0.3, 0.4) is 0 Å². The molecule has 0 saturated heterocycles. The molecule has 1 aliphatic rings. The first-order valence-corrected chi connectivity index (χ1v) is 4.77. The van der Waals surface area contributed by atoms with Crippen LogP contribution < -0.4 is 0 Å². The summed E-state index contributed by atoms with van der Waals surface area (Å²) in [6.45, 7) is 0. The summed E-state index contributed by atoms with van der Waals surface area (Å²) in [4.78, 5) is 0. The van der Waals surface area contributed by atoms with Crippen LogP contribution in [0.15, 0.2) is 42.5 Å². The Morgan fingerprint density at radius 1 is 1.23 bits per heavy atom. The lowest BCUT2D eigenvalue weighted by Crippen LogP contribution is -2.07. The Labute approximate surface area is 78.7 Å². The molecule has 13 heavy (non-hydrogen) atoms. The van der Waals surface area contributed by atoms with E-state index in [0.717, 1.165) is 18.4 Å². The second-order valence-electron chi connectivity index (χ2n) is 3.52. The summed E-state index contributed by atoms with van der Waals surface area (Å²) in [5, 5.41) is 9.97. The molecule has 1 aliphatic carbocycles. The van der Waals surface area contributed by atoms with E-state index in [1.54, 1.807) is 0 Å². The molecule has 2 unspecified atom stereocenters. The van der Waals surface area contributed by atoms with Gasteiger partial charge in [0.25, 0.3) is 0 Å². The zero-order chi connectivity index (χ0) is 9.10. The van der Waals surface area contributed by atoms with Gasteiger partial charge in [0.05, 0.1) is 6.10 Å². The van der Waals surface area contributed by atoms with E-state index in [-0.39, 0.29) is 6.10 Å². The third kappa shape index (κ3) is 1.81. The molecular weight excluding hydrogens is 160 g/mol. The second kappa shape index (κ2) is 3.75. The topological polar surface area (TPSA) is 20.2 Å². The van der Waals surface area contributed by atoms with E-state index < -0.39 is 0 Å². The normalized spacial score (nSPS) is 23.3. The number of benzene rings is 1. The van der Waals surface area contributed by atoms with Crippen LogP contribution in [0.5, 0.6) is 0 Å². The molecule has 2 rings (SSSR count). The first-order valence-electron chi connectivity index (χ1n) is 4.77. The van der Waals surface area contributed by atoms with Crippen molar-refractivity contribution in [3.05, 3.63) is 48.0 Å². The van der Waals surface area contributed by atoms with E-state index in [0.29, 0.717) is 5.92 Å². The Morgan fingerprint density at radius 3 is 2.62 bits per heavy atom. The van der Waals surface area contributed by atoms with Crippen molar-refractivity contribution < 1.29 is 5.11 Å². The first-order chi connectivity index (χ1) is 6.38. The van der Waals surface area contributed by atoms with Gasteiger partial charge in [-0.3, -0.25) is 0 Å². The van der Waals surface area contributed by atoms with Crippen molar-refractivity contribution in [2.75, 3.05) is 0 Å². The third-order valence-corrected chi connectivity index (χ3v) is 2.60. The van der Waals surface area contributed by atoms with Crippen molar-refractivity contribution in [1.82, 2.24) is 0 Å². The van der Waals surface area contributed by atoms with E-state index in [1.807, 2.05) is 30.3 Å². The molecular formula is C12H14O. The highest BCUT2D eigenvalue weighted by atomic mass is 16.3. The van der Waals surface area contributed by atoms with Crippen LogP contribution >= 0.6 is 0 Å². The zero-order valence-corrected chi connectivity index (χ0v) is 7.56. The molecule has 0 radical (unpaired) electrons. The van der Waals surface area contributed by atoms with Gasteiger partial charge < -0.3 is 5.11 Å². The summed E-state index contributed by atoms with van der Waals surface area (Å²) in [5.74, 6) is 0.322. The maximum absolute atomic E-state index is 9.97. The highest BCUT2D eigenvalue weighted by Gasteiger charge is 2.19. The molecule has 0 aromatic heterocycles. The van der Waals surface area contributed by atoms with Gasteiger partial charge in [-0.1, -0.05) is 42.5 Å². The van der Waals surface area contributed by atoms with Crippen LogP contribution in [0.25, 0.3) is 0 Å². The van der Waals surface area contributed by atoms with Crippen molar-refractivity contribution in [3.63, 3.8) is 0 Å². The van der Waals surface area contributed by atoms with Crippen molar-refractivity contribution in [1.29, 1.82) is 0 Å². The summed E-state index contributed by atoms with van der Waals surface area (Å²) in [6, 6.07) is 9.88. The molecule has 2 atom stereocenters. The largest absolute Gasteiger partial charge is 0.388 e. The Balaban J connectivity index is 2.13. The zero-order valence-electron chi connectivity index (χ0n) is 7.56. The Bertz CT molecular complexity index is 289. The summed E-state index contributed by atoms with van der Waals surface area (Å²) in [7, 11) is 0. The highest BCUT2D eigenvalue weighted by molar-refractivity contribution is 5.20. The molecule has 1 heteroatoms. The van der Waals surface area contributed by atoms with Gasteiger partial charge >= 0.3 is 0 Å². The van der Waals surface area contributed by atoms with Crippen molar-refractivity contribution in [2.24, 2.45) is 5.92 Å². The van der Waals surface area contributed by atoms with Gasteiger partial charge in [-0.2, -0.15) is 0 Å². The van der Waals surface area contributed by atoms with E-state index in [1.165, 1.54) is 0 Å². The van der Waals surface area contributed by atoms with E-state index >= 15 is 0 Å². The lowest BCUT2D eigenvalue weighted by Gasteiger charge is -2.16. The van der Waals surface area contributed by atoms with Crippen LogP contribution in [0, 0.1) is 5.92 Å². The summed E-state index contributed by atoms with van der Waals surface area (Å²) in [6.07, 6.45) is 6.14. The van der Waals surface area contributed by atoms with Crippen LogP contribution in [-0.2, 0) is 0 Å². The predicted octanol–water partition coefficient (Wildman–Crippen LogP) is 2.69. The SMILES string of the molecule is OC(c1ccccc1)C1C=CCC1. The summed E-state index contributed by atoms with van der Waals surface area (Å²) >= 11 is 0. The number of hydrogen-bond donors (Lipinski definition) is 1. The van der Waals surface area contributed by atoms with Crippen molar-refractivity contribution in [3.8, 4) is 0 Å². The molecule has 0 amide bonds. The first kappa shape index (κ1) is 8.52. The van der Waals surface area contributed by atoms with Crippen LogP contribution in [0.4, 0.5) is 0 Å². The standard InChI is InChI=1S/C12H14O/c13-12(11-8-4-5-9-11)10-6-2-1-3-7-10/h1-4,6-8,11-13H,5,9H2. The molecule has 1 aromatic carbocycles. The smallest absolute Gasteiger partial charge is 0.0852 e. The molecule has 1 aromatic rings. The fourth-order valence-corrected chi connectivity index (χ4v) is 1.82. The minimum Gasteiger partial charge on any atom is -0.388 e. The molecule has 0 spiro atoms. The summed E-state index contributed by atoms with van der Waals surface area (Å²) < 4.78 is 0. The average Bonchev–Trinajstić information content (AvgIpc) is 2.71. The predicted molar refractivity (Wildman–Crippen MR) is 53.3 cm³/mol. The van der Waals surface area contributed by atoms with Gasteiger partial charge in [-0.15, -0.1) is 0 Å². The molecule has 1 N–H and O–H groups in total. The number of aliphatic hydroxyl groups excluding tert-OH is 1. The molecule has 1 nitrogen and oxygen atoms in total. The average molecular weight is 174 g/mol. The van der Waals surface area contributed by atoms with Gasteiger partial charge in [-0.05, 0) is 18.4 Å². The molecule has 0 bridgehead atoms. The maximum atomic E-state index is 9.97. The fourth-order valence-electron chi connectivity index (χ4n) is 1.82. The van der Waals surface area contributed by atoms with E-state index in [4.69, 9.17) is 0 Å². The third-order valence-electron chi connectivity index (χ3n) is 2.60. The van der Waals surface area contributed by atoms with E-state index in [9.17, 15) is 5.11 Å². The molecule has 0 heterocycles. The Kier molecular flexibility index (Phi) is 2.46. The number of allylic oxidation sites excluding steroid dienone is 1. The van der Waals surface area contributed by atoms with Gasteiger partial charge in [0.15, 0.2) is 0 Å². The molecule has 0 aliphatic heterocycles. The van der Waals surface area contributed by atoms with Crippen molar-refractivity contribution in [2.45, 2.75) is 18.9 Å². The second-order valence-corrected chi connectivity index (χ2v) is 3.52. The molecule has 68 valence electrons. The van der Waals surface area contributed by atoms with E-state index in [2.05, 4.69) is 12.2 Å². The molecule has 0 saturated carbocycles. The van der Waals surface area contributed by atoms with Crippen LogP contribution in [0.1, 0.15) is 24.5 Å². The highest BCUT2D eigenvalue weighted by Crippen LogP contribution is 2.30. The van der Waals surface area contributed by atoms with Crippen LogP contribution in [0.2, 0.25) is 0 Å². The summed E-state index contributed by atoms with van der Waals surface area (Å²) in [5.41, 5.74) is 1.03. The number of hydrogen-bond acceptors (Lipinski definition) is 1. The van der Waals surface area contributed by atoms with Gasteiger partial charge in [0, 0.05) is 5.92 Å². The minimum absolute atomic E-state index is 0.319. The molecule has 0 fully saturated rings. The Hall–Kier alpha value is -1.08. The fraction of sp³-hybridized carbons (Fsp3) is 0.333. The maximum Gasteiger partial charge on any atom is 0.0852 e. The van der Waals surface area contributed by atoms with Crippen molar-refractivity contribution >= 4 is 0 Å². The number of aliphatic hydroxyl groups is 1. The lowest BCUT2D eigenvalue weighted by atomic mass is 9.95. The van der Waals surface area contributed by atoms with Gasteiger partial charge in [0.2, 0.25) is 0 Å². The van der Waals surface area contributed by atoms with Gasteiger partial charge in [-0.25, -0.2) is 0 Å².